The Labute approximate surface area is 169 Å². The third-order valence-corrected chi connectivity index (χ3v) is 5.10. The van der Waals surface area contributed by atoms with E-state index >= 15 is 0 Å². The van der Waals surface area contributed by atoms with Crippen LogP contribution in [0.2, 0.25) is 0 Å². The Morgan fingerprint density at radius 1 is 1.07 bits per heavy atom. The van der Waals surface area contributed by atoms with Crippen molar-refractivity contribution in [2.75, 3.05) is 27.3 Å². The third-order valence-electron chi connectivity index (χ3n) is 5.10. The smallest absolute Gasteiger partial charge is 0.273 e. The van der Waals surface area contributed by atoms with Crippen molar-refractivity contribution < 1.29 is 23.6 Å². The van der Waals surface area contributed by atoms with Crippen LogP contribution in [0.15, 0.2) is 28.8 Å². The van der Waals surface area contributed by atoms with Gasteiger partial charge >= 0.3 is 0 Å². The van der Waals surface area contributed by atoms with E-state index in [-0.39, 0.29) is 23.4 Å². The summed E-state index contributed by atoms with van der Waals surface area (Å²) in [4.78, 5) is 24.4. The number of nitrogens with one attached hydrogen (secondary N) is 2. The lowest BCUT2D eigenvalue weighted by Crippen LogP contribution is -2.38. The van der Waals surface area contributed by atoms with E-state index in [4.69, 9.17) is 14.0 Å². The molecule has 0 unspecified atom stereocenters. The molecule has 0 bridgehead atoms. The molecule has 2 aromatic rings. The van der Waals surface area contributed by atoms with Crippen LogP contribution in [0, 0.1) is 5.92 Å². The van der Waals surface area contributed by atoms with Crippen molar-refractivity contribution in [2.24, 2.45) is 5.92 Å². The highest BCUT2D eigenvalue weighted by atomic mass is 16.5. The lowest BCUT2D eigenvalue weighted by atomic mass is 9.89. The van der Waals surface area contributed by atoms with Gasteiger partial charge in [-0.15, -0.1) is 0 Å². The van der Waals surface area contributed by atoms with E-state index in [0.717, 1.165) is 25.7 Å². The number of nitrogens with zero attached hydrogens (tertiary/aromatic N) is 1. The predicted octanol–water partition coefficient (Wildman–Crippen LogP) is 2.79. The molecule has 156 valence electrons. The number of methoxy groups -OCH3 is 2. The molecule has 8 nitrogen and oxygen atoms in total. The maximum absolute atomic E-state index is 12.3. The van der Waals surface area contributed by atoms with E-state index in [1.165, 1.54) is 6.42 Å². The van der Waals surface area contributed by atoms with E-state index in [1.807, 2.05) is 0 Å². The summed E-state index contributed by atoms with van der Waals surface area (Å²) in [5, 5.41) is 9.47. The maximum atomic E-state index is 12.3. The van der Waals surface area contributed by atoms with Crippen LogP contribution in [0.1, 0.15) is 42.6 Å². The van der Waals surface area contributed by atoms with Gasteiger partial charge in [-0.3, -0.25) is 9.59 Å². The van der Waals surface area contributed by atoms with Gasteiger partial charge in [0.05, 0.1) is 19.8 Å². The third kappa shape index (κ3) is 5.28. The van der Waals surface area contributed by atoms with E-state index in [2.05, 4.69) is 15.8 Å². The van der Waals surface area contributed by atoms with Crippen LogP contribution in [0.25, 0.3) is 11.3 Å². The summed E-state index contributed by atoms with van der Waals surface area (Å²) in [7, 11) is 3.12. The lowest BCUT2D eigenvalue weighted by Gasteiger charge is -2.20. The van der Waals surface area contributed by atoms with Crippen molar-refractivity contribution in [3.8, 4) is 22.8 Å². The number of ether oxygens (including phenoxy) is 2. The predicted molar refractivity (Wildman–Crippen MR) is 107 cm³/mol. The molecule has 0 radical (unpaired) electrons. The molecule has 2 N–H and O–H groups in total. The molecule has 1 fully saturated rings. The van der Waals surface area contributed by atoms with E-state index in [0.29, 0.717) is 35.9 Å². The molecule has 1 aliphatic carbocycles. The van der Waals surface area contributed by atoms with Gasteiger partial charge in [0, 0.05) is 25.1 Å². The zero-order valence-corrected chi connectivity index (χ0v) is 16.8. The van der Waals surface area contributed by atoms with Crippen molar-refractivity contribution in [1.82, 2.24) is 15.8 Å². The number of benzene rings is 1. The van der Waals surface area contributed by atoms with Gasteiger partial charge in [-0.1, -0.05) is 24.4 Å². The number of rotatable bonds is 8. The number of carbonyl (C=O) groups is 2. The molecule has 0 spiro atoms. The monoisotopic (exact) mass is 401 g/mol. The zero-order chi connectivity index (χ0) is 20.6. The molecule has 0 aliphatic heterocycles. The van der Waals surface area contributed by atoms with Gasteiger partial charge in [0.15, 0.2) is 11.5 Å². The molecule has 2 amide bonds. The Morgan fingerprint density at radius 3 is 2.55 bits per heavy atom. The normalized spacial score (nSPS) is 14.3. The first-order chi connectivity index (χ1) is 14.1. The van der Waals surface area contributed by atoms with Gasteiger partial charge in [-0.2, -0.15) is 0 Å². The molecule has 1 aromatic carbocycles. The quantitative estimate of drug-likeness (QED) is 0.660. The maximum Gasteiger partial charge on any atom is 0.273 e. The Morgan fingerprint density at radius 2 is 1.83 bits per heavy atom. The van der Waals surface area contributed by atoms with E-state index in [1.54, 1.807) is 38.5 Å². The molecule has 1 aliphatic rings. The Bertz CT molecular complexity index is 843. The number of hydrogen-bond donors (Lipinski definition) is 2. The summed E-state index contributed by atoms with van der Waals surface area (Å²) < 4.78 is 15.9. The highest BCUT2D eigenvalue weighted by molar-refractivity contribution is 5.93. The van der Waals surface area contributed by atoms with Gasteiger partial charge in [-0.25, -0.2) is 0 Å². The van der Waals surface area contributed by atoms with Crippen molar-refractivity contribution in [3.63, 3.8) is 0 Å². The molecule has 0 saturated heterocycles. The van der Waals surface area contributed by atoms with Crippen LogP contribution in [0.3, 0.4) is 0 Å². The first-order valence-electron chi connectivity index (χ1n) is 9.87. The van der Waals surface area contributed by atoms with Crippen molar-refractivity contribution in [1.29, 1.82) is 0 Å². The molecular weight excluding hydrogens is 374 g/mol. The Hall–Kier alpha value is -3.03. The number of carbonyl (C=O) groups excluding carboxylic acids is 2. The van der Waals surface area contributed by atoms with E-state index < -0.39 is 0 Å². The van der Waals surface area contributed by atoms with Gasteiger partial charge < -0.3 is 24.6 Å². The van der Waals surface area contributed by atoms with Crippen molar-refractivity contribution in [3.05, 3.63) is 30.0 Å². The second kappa shape index (κ2) is 9.95. The Kier molecular flexibility index (Phi) is 7.10. The molecule has 3 rings (SSSR count). The fraction of sp³-hybridized carbons (Fsp3) is 0.476. The van der Waals surface area contributed by atoms with E-state index in [9.17, 15) is 9.59 Å². The van der Waals surface area contributed by atoms with Crippen LogP contribution in [0.5, 0.6) is 11.5 Å². The summed E-state index contributed by atoms with van der Waals surface area (Å²) in [6.45, 7) is 0.706. The first-order valence-corrected chi connectivity index (χ1v) is 9.87. The first kappa shape index (κ1) is 20.7. The van der Waals surface area contributed by atoms with Gasteiger partial charge in [-0.05, 0) is 31.0 Å². The molecule has 1 heterocycles. The largest absolute Gasteiger partial charge is 0.497 e. The van der Waals surface area contributed by atoms with Crippen LogP contribution in [-0.4, -0.2) is 44.3 Å². The van der Waals surface area contributed by atoms with Crippen LogP contribution in [-0.2, 0) is 4.79 Å². The molecule has 8 heteroatoms. The lowest BCUT2D eigenvalue weighted by molar-refractivity contribution is -0.125. The summed E-state index contributed by atoms with van der Waals surface area (Å²) in [6.07, 6.45) is 5.34. The summed E-state index contributed by atoms with van der Waals surface area (Å²) in [5.74, 6) is 1.43. The van der Waals surface area contributed by atoms with Gasteiger partial charge in [0.2, 0.25) is 5.91 Å². The molecule has 1 aromatic heterocycles. The highest BCUT2D eigenvalue weighted by Crippen LogP contribution is 2.33. The number of hydrogen-bond acceptors (Lipinski definition) is 6. The zero-order valence-electron chi connectivity index (χ0n) is 16.8. The topological polar surface area (TPSA) is 103 Å². The summed E-state index contributed by atoms with van der Waals surface area (Å²) in [5.41, 5.74) is 0.793. The minimum Gasteiger partial charge on any atom is -0.497 e. The molecular formula is C21H27N3O5. The number of aromatic nitrogens is 1. The molecule has 1 saturated carbocycles. The summed E-state index contributed by atoms with van der Waals surface area (Å²) in [6, 6.07) is 6.83. The van der Waals surface area contributed by atoms with Gasteiger partial charge in [0.25, 0.3) is 5.91 Å². The van der Waals surface area contributed by atoms with Crippen LogP contribution >= 0.6 is 0 Å². The molecule has 29 heavy (non-hydrogen) atoms. The van der Waals surface area contributed by atoms with Gasteiger partial charge in [0.1, 0.15) is 11.5 Å². The number of amides is 2. The second-order valence-corrected chi connectivity index (χ2v) is 7.02. The fourth-order valence-electron chi connectivity index (χ4n) is 3.48. The highest BCUT2D eigenvalue weighted by Gasteiger charge is 2.21. The van der Waals surface area contributed by atoms with Crippen molar-refractivity contribution in [2.45, 2.75) is 32.1 Å². The SMILES string of the molecule is COc1ccc(OC)c(-c2cc(C(=O)NCCNC(=O)C3CCCCC3)no2)c1. The standard InChI is InChI=1S/C21H27N3O5/c1-27-15-8-9-18(28-2)16(12-15)19-13-17(24-29-19)21(26)23-11-10-22-20(25)14-6-4-3-5-7-14/h8-9,12-14H,3-7,10-11H2,1-2H3,(H,22,25)(H,23,26). The molecule has 0 atom stereocenters. The minimum atomic E-state index is -0.367. The second-order valence-electron chi connectivity index (χ2n) is 7.02. The summed E-state index contributed by atoms with van der Waals surface area (Å²) >= 11 is 0. The van der Waals surface area contributed by atoms with Crippen LogP contribution < -0.4 is 20.1 Å². The minimum absolute atomic E-state index is 0.0767. The van der Waals surface area contributed by atoms with Crippen LogP contribution in [0.4, 0.5) is 0 Å². The Balaban J connectivity index is 1.52. The average Bonchev–Trinajstić information content (AvgIpc) is 3.26. The average molecular weight is 401 g/mol. The fourth-order valence-corrected chi connectivity index (χ4v) is 3.48. The van der Waals surface area contributed by atoms with Crippen molar-refractivity contribution >= 4 is 11.8 Å².